The number of nitrogens with zero attached hydrogens (tertiary/aromatic N) is 2. The average molecular weight is 886 g/mol. The fraction of sp³-hybridized carbons (Fsp3) is 0.551. The number of aromatic amines is 1. The van der Waals surface area contributed by atoms with E-state index in [1.807, 2.05) is 44.2 Å². The van der Waals surface area contributed by atoms with E-state index in [0.29, 0.717) is 30.5 Å². The topological polar surface area (TPSA) is 214 Å². The first-order valence-electron chi connectivity index (χ1n) is 22.4. The molecular weight excluding hydrogens is 819 g/mol. The summed E-state index contributed by atoms with van der Waals surface area (Å²) in [5, 5.41) is 15.7. The summed E-state index contributed by atoms with van der Waals surface area (Å²) in [6.45, 7) is 14.5. The van der Waals surface area contributed by atoms with Crippen molar-refractivity contribution in [1.82, 2.24) is 25.5 Å². The Morgan fingerprint density at radius 1 is 0.844 bits per heavy atom. The largest absolute Gasteiger partial charge is 0.508 e. The molecule has 3 amide bonds. The van der Waals surface area contributed by atoms with Crippen LogP contribution in [0.3, 0.4) is 0 Å². The first-order valence-corrected chi connectivity index (χ1v) is 22.4. The van der Waals surface area contributed by atoms with E-state index < -0.39 is 76.9 Å². The highest BCUT2D eigenvalue weighted by molar-refractivity contribution is 5.97. The van der Waals surface area contributed by atoms with Gasteiger partial charge in [-0.15, -0.1) is 0 Å². The van der Waals surface area contributed by atoms with Crippen LogP contribution in [-0.4, -0.2) is 91.5 Å². The number of likely N-dealkylation sites (tertiary alicyclic amines) is 1. The van der Waals surface area contributed by atoms with Crippen LogP contribution in [0.1, 0.15) is 111 Å². The van der Waals surface area contributed by atoms with Gasteiger partial charge in [0.1, 0.15) is 24.0 Å². The van der Waals surface area contributed by atoms with Crippen LogP contribution in [0, 0.1) is 29.6 Å². The molecule has 7 atom stereocenters. The van der Waals surface area contributed by atoms with Crippen molar-refractivity contribution in [2.24, 2.45) is 29.6 Å². The number of aromatic hydroxyl groups is 1. The normalized spacial score (nSPS) is 16.8. The van der Waals surface area contributed by atoms with Crippen molar-refractivity contribution in [2.75, 3.05) is 6.54 Å². The van der Waals surface area contributed by atoms with Gasteiger partial charge in [-0.2, -0.15) is 0 Å². The summed E-state index contributed by atoms with van der Waals surface area (Å²) >= 11 is 0. The van der Waals surface area contributed by atoms with E-state index in [1.54, 1.807) is 59.9 Å². The number of imidazole rings is 1. The van der Waals surface area contributed by atoms with Crippen molar-refractivity contribution >= 4 is 41.2 Å². The number of carbonyl (C=O) groups excluding carboxylic acids is 7. The molecule has 0 radical (unpaired) electrons. The number of nitrogens with one attached hydrogen (secondary N) is 3. The van der Waals surface area contributed by atoms with Crippen LogP contribution >= 0.6 is 0 Å². The molecule has 4 rings (SSSR count). The van der Waals surface area contributed by atoms with Crippen LogP contribution in [0.5, 0.6) is 5.75 Å². The minimum Gasteiger partial charge on any atom is -0.508 e. The maximum atomic E-state index is 14.5. The van der Waals surface area contributed by atoms with Gasteiger partial charge in [0.15, 0.2) is 11.6 Å². The SMILES string of the molecule is CCC(C)[C@H](CC(=O)[C@H](Cc1ccc(O)cc1)NC(=O)[C@@H](CC(=O)OC(C)(C)C)C(C)C)C(=O)N[C@@H](Cc1cnc[nH]1)C(=O)N1CCC[C@H]1C(=O)C[C@H](C)C(=O)OCc1ccccc1. The number of benzene rings is 2. The summed E-state index contributed by atoms with van der Waals surface area (Å²) in [7, 11) is 0. The number of phenols is 1. The minimum atomic E-state index is -1.14. The number of phenolic OH excluding ortho intramolecular Hbond substituents is 1. The van der Waals surface area contributed by atoms with E-state index in [0.717, 1.165) is 5.56 Å². The van der Waals surface area contributed by atoms with E-state index in [-0.39, 0.29) is 68.6 Å². The Morgan fingerprint density at radius 3 is 2.11 bits per heavy atom. The number of ketones is 2. The lowest BCUT2D eigenvalue weighted by atomic mass is 9.84. The molecule has 4 N–H and O–H groups in total. The van der Waals surface area contributed by atoms with Crippen LogP contribution < -0.4 is 10.6 Å². The van der Waals surface area contributed by atoms with Crippen molar-refractivity contribution in [1.29, 1.82) is 0 Å². The zero-order valence-electron chi connectivity index (χ0n) is 38.6. The number of Topliss-reactive ketones (excluding diaryl/α,β-unsaturated/α-hetero) is 2. The third-order valence-electron chi connectivity index (χ3n) is 11.8. The Labute approximate surface area is 376 Å². The Balaban J connectivity index is 1.53. The monoisotopic (exact) mass is 885 g/mol. The molecule has 15 nitrogen and oxygen atoms in total. The molecule has 348 valence electrons. The molecule has 15 heteroatoms. The molecule has 1 aromatic heterocycles. The highest BCUT2D eigenvalue weighted by Gasteiger charge is 2.40. The number of hydrogen-bond acceptors (Lipinski definition) is 11. The summed E-state index contributed by atoms with van der Waals surface area (Å²) in [6.07, 6.45) is 3.93. The van der Waals surface area contributed by atoms with E-state index in [9.17, 15) is 38.7 Å². The summed E-state index contributed by atoms with van der Waals surface area (Å²) in [6, 6.07) is 12.4. The Kier molecular flexibility index (Phi) is 18.8. The van der Waals surface area contributed by atoms with Crippen molar-refractivity contribution in [3.63, 3.8) is 0 Å². The van der Waals surface area contributed by atoms with Crippen molar-refractivity contribution in [3.8, 4) is 5.75 Å². The summed E-state index contributed by atoms with van der Waals surface area (Å²) in [5.41, 5.74) is 1.27. The summed E-state index contributed by atoms with van der Waals surface area (Å²) in [5.74, 6) is -6.38. The zero-order valence-corrected chi connectivity index (χ0v) is 38.6. The zero-order chi connectivity index (χ0) is 47.1. The van der Waals surface area contributed by atoms with Crippen molar-refractivity contribution < 1.29 is 48.1 Å². The maximum absolute atomic E-state index is 14.5. The fourth-order valence-electron chi connectivity index (χ4n) is 7.83. The molecule has 1 aliphatic heterocycles. The number of esters is 2. The van der Waals surface area contributed by atoms with E-state index in [2.05, 4.69) is 20.6 Å². The third-order valence-corrected chi connectivity index (χ3v) is 11.8. The highest BCUT2D eigenvalue weighted by Crippen LogP contribution is 2.26. The lowest BCUT2D eigenvalue weighted by molar-refractivity contribution is -0.158. The van der Waals surface area contributed by atoms with E-state index in [1.165, 1.54) is 23.4 Å². The van der Waals surface area contributed by atoms with Crippen LogP contribution in [0.15, 0.2) is 67.1 Å². The predicted octanol–water partition coefficient (Wildman–Crippen LogP) is 5.83. The number of rotatable bonds is 23. The van der Waals surface area contributed by atoms with Gasteiger partial charge in [-0.3, -0.25) is 33.6 Å². The Bertz CT molecular complexity index is 2030. The average Bonchev–Trinajstić information content (AvgIpc) is 3.96. The molecule has 0 bridgehead atoms. The summed E-state index contributed by atoms with van der Waals surface area (Å²) in [4.78, 5) is 105. The van der Waals surface area contributed by atoms with Crippen molar-refractivity contribution in [3.05, 3.63) is 83.9 Å². The second kappa shape index (κ2) is 23.7. The van der Waals surface area contributed by atoms with Crippen LogP contribution in [0.4, 0.5) is 0 Å². The van der Waals surface area contributed by atoms with Gasteiger partial charge in [0.2, 0.25) is 17.7 Å². The van der Waals surface area contributed by atoms with Gasteiger partial charge in [-0.25, -0.2) is 4.98 Å². The molecule has 1 saturated heterocycles. The van der Waals surface area contributed by atoms with Crippen LogP contribution in [-0.2, 0) is 62.5 Å². The van der Waals surface area contributed by atoms with Gasteiger partial charge in [-0.05, 0) is 75.1 Å². The minimum absolute atomic E-state index is 0.0269. The number of amides is 3. The second-order valence-electron chi connectivity index (χ2n) is 18.4. The molecule has 0 spiro atoms. The quantitative estimate of drug-likeness (QED) is 0.0833. The first kappa shape index (κ1) is 50.8. The standard InChI is InChI=1S/C49H67N5O10/c1-9-31(4)38(25-42(56)39(23-33-17-19-36(55)20-18-33)52-45(59)37(30(2)3)26-44(58)64-49(6,7)8)46(60)53-40(24-35-27-50-29-51-35)47(61)54-21-13-16-41(54)43(57)22-32(5)48(62)63-28-34-14-11-10-12-15-34/h10-12,14-15,17-20,27,29-32,37-41,55H,9,13,16,21-26,28H2,1-8H3,(H,50,51)(H,52,59)(H,53,60)/t31?,32-,37-,38-,39-,40-,41-/m0/s1. The number of aromatic nitrogens is 2. The van der Waals surface area contributed by atoms with Crippen molar-refractivity contribution in [2.45, 2.75) is 137 Å². The van der Waals surface area contributed by atoms with Crippen LogP contribution in [0.2, 0.25) is 0 Å². The van der Waals surface area contributed by atoms with E-state index >= 15 is 0 Å². The Hall–Kier alpha value is -5.86. The second-order valence-corrected chi connectivity index (χ2v) is 18.4. The smallest absolute Gasteiger partial charge is 0.309 e. The fourth-order valence-corrected chi connectivity index (χ4v) is 7.83. The molecule has 64 heavy (non-hydrogen) atoms. The van der Waals surface area contributed by atoms with Gasteiger partial charge < -0.3 is 35.1 Å². The number of carbonyl (C=O) groups is 7. The van der Waals surface area contributed by atoms with Gasteiger partial charge >= 0.3 is 11.9 Å². The van der Waals surface area contributed by atoms with E-state index in [4.69, 9.17) is 9.47 Å². The number of hydrogen-bond donors (Lipinski definition) is 4. The van der Waals surface area contributed by atoms with Gasteiger partial charge in [-0.1, -0.05) is 83.5 Å². The Morgan fingerprint density at radius 2 is 1.50 bits per heavy atom. The molecule has 2 heterocycles. The molecule has 1 unspecified atom stereocenters. The van der Waals surface area contributed by atoms with Crippen LogP contribution in [0.25, 0.3) is 0 Å². The molecular formula is C49H67N5O10. The molecule has 0 saturated carbocycles. The lowest BCUT2D eigenvalue weighted by Gasteiger charge is -2.31. The third kappa shape index (κ3) is 15.4. The molecule has 1 fully saturated rings. The maximum Gasteiger partial charge on any atom is 0.309 e. The van der Waals surface area contributed by atoms with Gasteiger partial charge in [0.25, 0.3) is 0 Å². The molecule has 2 aromatic carbocycles. The number of H-pyrrole nitrogens is 1. The highest BCUT2D eigenvalue weighted by atomic mass is 16.6. The predicted molar refractivity (Wildman–Crippen MR) is 239 cm³/mol. The van der Waals surface area contributed by atoms with Gasteiger partial charge in [0.05, 0.1) is 36.7 Å². The molecule has 0 aliphatic carbocycles. The molecule has 1 aliphatic rings. The lowest BCUT2D eigenvalue weighted by Crippen LogP contribution is -2.54. The summed E-state index contributed by atoms with van der Waals surface area (Å²) < 4.78 is 11.0. The first-order chi connectivity index (χ1) is 30.3. The number of ether oxygens (including phenoxy) is 2. The molecule has 3 aromatic rings. The van der Waals surface area contributed by atoms with Gasteiger partial charge in [0, 0.05) is 43.6 Å².